The Morgan fingerprint density at radius 2 is 1.15 bits per heavy atom. The molecular weight excluding hydrogens is 1240 g/mol. The Labute approximate surface area is 538 Å². The molecule has 10 rings (SSSR count). The Kier molecular flexibility index (Phi) is 21.2. The number of carbonyl (C=O) groups excluding carboxylic acids is 2. The van der Waals surface area contributed by atoms with Crippen LogP contribution in [0.3, 0.4) is 0 Å². The highest BCUT2D eigenvalue weighted by Gasteiger charge is 2.72. The van der Waals surface area contributed by atoms with Gasteiger partial charge in [0, 0.05) is 5.41 Å². The van der Waals surface area contributed by atoms with Crippen molar-refractivity contribution < 1.29 is 148 Å². The van der Waals surface area contributed by atoms with Crippen molar-refractivity contribution in [3.05, 3.63) is 11.6 Å². The van der Waals surface area contributed by atoms with Gasteiger partial charge in [0.05, 0.1) is 75.2 Å². The lowest BCUT2D eigenvalue weighted by atomic mass is 9.33. The normalized spacial score (nSPS) is 51.3. The maximum absolute atomic E-state index is 15.6. The highest BCUT2D eigenvalue weighted by molar-refractivity contribution is 5.79. The highest BCUT2D eigenvalue weighted by atomic mass is 16.8. The Morgan fingerprint density at radius 1 is 0.581 bits per heavy atom. The van der Waals surface area contributed by atoms with Crippen LogP contribution in [0, 0.1) is 50.2 Å². The zero-order valence-electron chi connectivity index (χ0n) is 53.9. The number of carboxylic acid groups (broad SMARTS) is 1. The topological polar surface area (TPSA) is 476 Å². The van der Waals surface area contributed by atoms with Crippen LogP contribution in [0.2, 0.25) is 0 Å². The third-order valence-electron chi connectivity index (χ3n) is 23.7. The number of fused-ring (bicyclic) bond motifs is 7. The van der Waals surface area contributed by atoms with E-state index >= 15 is 4.79 Å². The first-order valence-electron chi connectivity index (χ1n) is 32.6. The lowest BCUT2D eigenvalue weighted by Gasteiger charge is -2.72. The molecule has 93 heavy (non-hydrogen) atoms. The number of hydrogen-bond acceptors (Lipinski definition) is 29. The number of hydrogen-bond donors (Lipinski definition) is 16. The van der Waals surface area contributed by atoms with Crippen LogP contribution in [0.25, 0.3) is 0 Å². The molecule has 0 bridgehead atoms. The zero-order valence-corrected chi connectivity index (χ0v) is 53.9. The summed E-state index contributed by atoms with van der Waals surface area (Å²) >= 11 is 0. The largest absolute Gasteiger partial charge is 0.481 e. The van der Waals surface area contributed by atoms with Crippen molar-refractivity contribution in [2.24, 2.45) is 50.2 Å². The number of ether oxygens (including phenoxy) is 11. The molecule has 0 aromatic carbocycles. The first-order valence-corrected chi connectivity index (χ1v) is 32.6. The fourth-order valence-electron chi connectivity index (χ4n) is 18.3. The lowest BCUT2D eigenvalue weighted by molar-refractivity contribution is -0.377. The Hall–Kier alpha value is -2.81. The minimum Gasteiger partial charge on any atom is -0.481 e. The van der Waals surface area contributed by atoms with Crippen molar-refractivity contribution in [2.75, 3.05) is 33.0 Å². The summed E-state index contributed by atoms with van der Waals surface area (Å²) in [5.41, 5.74) is -5.35. The maximum Gasteiger partial charge on any atom is 0.315 e. The zero-order chi connectivity index (χ0) is 68.2. The second-order valence-corrected chi connectivity index (χ2v) is 30.4. The third kappa shape index (κ3) is 13.1. The summed E-state index contributed by atoms with van der Waals surface area (Å²) in [6, 6.07) is 0. The van der Waals surface area contributed by atoms with Gasteiger partial charge in [-0.1, -0.05) is 53.2 Å². The molecule has 4 saturated carbocycles. The molecule has 0 unspecified atom stereocenters. The molecule has 16 N–H and O–H groups in total. The van der Waals surface area contributed by atoms with E-state index in [0.29, 0.717) is 51.4 Å². The van der Waals surface area contributed by atoms with E-state index in [9.17, 15) is 91.3 Å². The number of rotatable bonds is 17. The van der Waals surface area contributed by atoms with Gasteiger partial charge < -0.3 is 134 Å². The third-order valence-corrected chi connectivity index (χ3v) is 23.7. The van der Waals surface area contributed by atoms with Crippen LogP contribution in [0.15, 0.2) is 11.6 Å². The van der Waals surface area contributed by atoms with Crippen LogP contribution in [-0.2, 0) is 66.5 Å². The molecule has 0 spiro atoms. The van der Waals surface area contributed by atoms with Crippen LogP contribution in [0.4, 0.5) is 0 Å². The fourth-order valence-corrected chi connectivity index (χ4v) is 18.3. The van der Waals surface area contributed by atoms with Crippen molar-refractivity contribution >= 4 is 17.9 Å². The average molecular weight is 1340 g/mol. The molecule has 33 atom stereocenters. The van der Waals surface area contributed by atoms with Crippen LogP contribution >= 0.6 is 0 Å². The van der Waals surface area contributed by atoms with Crippen LogP contribution in [-0.4, -0.2) is 286 Å². The van der Waals surface area contributed by atoms with Gasteiger partial charge in [-0.3, -0.25) is 14.4 Å². The lowest BCUT2D eigenvalue weighted by Crippen LogP contribution is -2.70. The van der Waals surface area contributed by atoms with Gasteiger partial charge in [-0.25, -0.2) is 0 Å². The van der Waals surface area contributed by atoms with Gasteiger partial charge in [0.2, 0.25) is 6.29 Å². The smallest absolute Gasteiger partial charge is 0.315 e. The van der Waals surface area contributed by atoms with E-state index in [-0.39, 0.29) is 23.7 Å². The summed E-state index contributed by atoms with van der Waals surface area (Å²) < 4.78 is 65.9. The summed E-state index contributed by atoms with van der Waals surface area (Å²) in [7, 11) is 0. The number of esters is 2. The SMILES string of the molecule is C[C@@H]1O[C@@H](O[C@H]2[C@H](OC(=O)[C@]34CCC(C)(C)C[C@H]3C3=CC[C@@H]5[C@@]6(C)C[C@H](O)[C@H](O[C@@H]7O[C@H](CO)[C@@H](O)[C@H](O)[C@H]7O[C@@H]7OC[C@H](O)[C@H](O)[C@H]7O)[C@@](C)(CO)[C@@H]6CC[C@@]5(C)[C@]3(C)CC4)OC[C@H](O)[C@@H]2O)[C@H](O)[C@H](O[C@@H]2OC[C@@H](O)[C@H](O)[C@H]2O)[C@H]1OC(=O)C[C@@](C)(O)CC(=O)O. The number of carbonyl (C=O) groups is 3. The molecule has 30 heteroatoms. The van der Waals surface area contributed by atoms with Gasteiger partial charge in [-0.15, -0.1) is 0 Å². The Morgan fingerprint density at radius 3 is 1.75 bits per heavy atom. The predicted octanol–water partition coefficient (Wildman–Crippen LogP) is -3.16. The number of aliphatic hydroxyl groups excluding tert-OH is 14. The number of allylic oxidation sites excluding steroid dienone is 2. The Balaban J connectivity index is 0.893. The van der Waals surface area contributed by atoms with Crippen molar-refractivity contribution in [1.82, 2.24) is 0 Å². The minimum absolute atomic E-state index is 0.117. The van der Waals surface area contributed by atoms with E-state index < -0.39 is 250 Å². The van der Waals surface area contributed by atoms with Crippen molar-refractivity contribution in [3.63, 3.8) is 0 Å². The minimum atomic E-state index is -2.09. The van der Waals surface area contributed by atoms with Crippen LogP contribution in [0.5, 0.6) is 0 Å². The highest BCUT2D eigenvalue weighted by Crippen LogP contribution is 2.76. The molecule has 532 valence electrons. The number of aliphatic carboxylic acids is 1. The molecule has 0 aromatic heterocycles. The molecule has 5 heterocycles. The standard InChI is InChI=1S/C63H100O30/c1-26-46(88-37(72)20-58(4,82)19-36(70)71)47(89-51-43(78)38(73)30(67)22-83-51)45(80)53(86-26)91-48-40(75)32(69)24-85-54(48)93-56(81)63-15-13-57(2,3)17-28(63)27-9-10-35-59(5)18-29(66)50(60(6,25-65)34(59)11-12-62(35,8)61(27,7)14-16-63)92-55-49(42(77)41(76)33(21-64)87-55)90-52-44(79)39(74)31(68)23-84-52/h9,26,28-35,38-55,64-69,73-80,82H,10-25H2,1-8H3,(H,70,71)/t26-,28-,29-,30+,31-,32-,33+,34+,35+,38-,39-,40-,41+,42-,43+,44+,45+,46-,47-,48+,49+,50-,51-,52-,53-,54-,55-,58-,59-,60-,61+,62+,63-/m0/s1. The van der Waals surface area contributed by atoms with Crippen LogP contribution in [0.1, 0.15) is 126 Å². The Bertz CT molecular complexity index is 2680. The first kappa shape index (κ1) is 72.9. The second-order valence-electron chi connectivity index (χ2n) is 30.4. The average Bonchev–Trinajstić information content (AvgIpc) is 0.674. The van der Waals surface area contributed by atoms with Gasteiger partial charge in [0.1, 0.15) is 85.5 Å². The van der Waals surface area contributed by atoms with Gasteiger partial charge in [0.15, 0.2) is 37.4 Å². The first-order chi connectivity index (χ1) is 43.4. The maximum atomic E-state index is 15.6. The van der Waals surface area contributed by atoms with E-state index in [2.05, 4.69) is 40.7 Å². The van der Waals surface area contributed by atoms with Gasteiger partial charge in [-0.05, 0) is 111 Å². The monoisotopic (exact) mass is 1340 g/mol. The van der Waals surface area contributed by atoms with E-state index in [4.69, 9.17) is 52.1 Å². The second kappa shape index (κ2) is 27.0. The van der Waals surface area contributed by atoms with Crippen LogP contribution < -0.4 is 0 Å². The van der Waals surface area contributed by atoms with E-state index in [1.807, 2.05) is 6.92 Å². The summed E-state index contributed by atoms with van der Waals surface area (Å²) in [5.74, 6) is -4.06. The summed E-state index contributed by atoms with van der Waals surface area (Å²) in [6.45, 7) is 12.5. The summed E-state index contributed by atoms with van der Waals surface area (Å²) in [5, 5.41) is 175. The molecule has 9 fully saturated rings. The van der Waals surface area contributed by atoms with Gasteiger partial charge in [0.25, 0.3) is 0 Å². The number of carboxylic acids is 1. The quantitative estimate of drug-likeness (QED) is 0.0388. The molecule has 0 amide bonds. The van der Waals surface area contributed by atoms with Gasteiger partial charge >= 0.3 is 17.9 Å². The molecule has 5 aliphatic heterocycles. The summed E-state index contributed by atoms with van der Waals surface area (Å²) in [6.07, 6.45) is -35.1. The van der Waals surface area contributed by atoms with Gasteiger partial charge in [-0.2, -0.15) is 0 Å². The molecule has 0 radical (unpaired) electrons. The van der Waals surface area contributed by atoms with Crippen molar-refractivity contribution in [3.8, 4) is 0 Å². The number of aliphatic hydroxyl groups is 15. The predicted molar refractivity (Wildman–Crippen MR) is 310 cm³/mol. The van der Waals surface area contributed by atoms with E-state index in [0.717, 1.165) is 12.5 Å². The van der Waals surface area contributed by atoms with Crippen molar-refractivity contribution in [2.45, 2.75) is 279 Å². The summed E-state index contributed by atoms with van der Waals surface area (Å²) in [4.78, 5) is 40.4. The molecule has 5 saturated heterocycles. The van der Waals surface area contributed by atoms with Crippen molar-refractivity contribution in [1.29, 1.82) is 0 Å². The fraction of sp³-hybridized carbons (Fsp3) is 0.921. The van der Waals surface area contributed by atoms with E-state index in [1.54, 1.807) is 0 Å². The molecule has 5 aliphatic carbocycles. The molecule has 10 aliphatic rings. The molecule has 30 nitrogen and oxygen atoms in total. The molecule has 0 aromatic rings. The van der Waals surface area contributed by atoms with E-state index in [1.165, 1.54) is 6.92 Å². The molecular formula is C63H100O30.